The molecule has 3 aromatic rings. The SMILES string of the molecule is CSc1nc(Cl)c2c(n1)Sc1nc3ccccc3n1C2Cl. The van der Waals surface area contributed by atoms with Crippen LogP contribution in [-0.4, -0.2) is 25.8 Å². The minimum absolute atomic E-state index is 0.403. The molecule has 0 N–H and O–H groups in total. The van der Waals surface area contributed by atoms with Crippen molar-refractivity contribution in [1.29, 1.82) is 0 Å². The molecule has 8 heteroatoms. The van der Waals surface area contributed by atoms with Crippen LogP contribution in [-0.2, 0) is 0 Å². The molecule has 1 unspecified atom stereocenters. The number of aromatic nitrogens is 4. The van der Waals surface area contributed by atoms with E-state index in [1.807, 2.05) is 35.1 Å². The fraction of sp³-hybridized carbons (Fsp3) is 0.154. The lowest BCUT2D eigenvalue weighted by molar-refractivity contribution is 0.656. The molecular formula is C13H8Cl2N4S2. The van der Waals surface area contributed by atoms with E-state index in [1.165, 1.54) is 23.5 Å². The summed E-state index contributed by atoms with van der Waals surface area (Å²) >= 11 is 15.9. The van der Waals surface area contributed by atoms with Gasteiger partial charge in [-0.1, -0.05) is 47.1 Å². The van der Waals surface area contributed by atoms with Gasteiger partial charge < -0.3 is 0 Å². The summed E-state index contributed by atoms with van der Waals surface area (Å²) in [5.41, 5.74) is 2.19. The van der Waals surface area contributed by atoms with Gasteiger partial charge in [0.1, 0.15) is 15.7 Å². The third-order valence-electron chi connectivity index (χ3n) is 3.24. The predicted octanol–water partition coefficient (Wildman–Crippen LogP) is 4.45. The van der Waals surface area contributed by atoms with Crippen LogP contribution >= 0.6 is 46.7 Å². The zero-order chi connectivity index (χ0) is 14.6. The Morgan fingerprint density at radius 1 is 1.24 bits per heavy atom. The zero-order valence-electron chi connectivity index (χ0n) is 10.7. The first-order valence-electron chi connectivity index (χ1n) is 6.09. The molecule has 0 bridgehead atoms. The Morgan fingerprint density at radius 3 is 2.86 bits per heavy atom. The first kappa shape index (κ1) is 13.7. The lowest BCUT2D eigenvalue weighted by atomic mass is 10.3. The number of rotatable bonds is 1. The summed E-state index contributed by atoms with van der Waals surface area (Å²) < 4.78 is 1.97. The molecule has 106 valence electrons. The quantitative estimate of drug-likeness (QED) is 0.279. The topological polar surface area (TPSA) is 43.6 Å². The summed E-state index contributed by atoms with van der Waals surface area (Å²) in [5, 5.41) is 2.65. The third-order valence-corrected chi connectivity index (χ3v) is 5.47. The monoisotopic (exact) mass is 354 g/mol. The van der Waals surface area contributed by atoms with E-state index in [4.69, 9.17) is 23.2 Å². The Morgan fingerprint density at radius 2 is 2.05 bits per heavy atom. The summed E-state index contributed by atoms with van der Waals surface area (Å²) in [6.45, 7) is 0. The van der Waals surface area contributed by atoms with Gasteiger partial charge in [-0.05, 0) is 30.2 Å². The van der Waals surface area contributed by atoms with Crippen LogP contribution in [0.1, 0.15) is 11.1 Å². The number of hydrogen-bond acceptors (Lipinski definition) is 5. The fourth-order valence-electron chi connectivity index (χ4n) is 2.30. The van der Waals surface area contributed by atoms with Crippen molar-refractivity contribution < 1.29 is 0 Å². The van der Waals surface area contributed by atoms with E-state index in [2.05, 4.69) is 15.0 Å². The van der Waals surface area contributed by atoms with Gasteiger partial charge in [0, 0.05) is 0 Å². The minimum Gasteiger partial charge on any atom is -0.297 e. The van der Waals surface area contributed by atoms with Gasteiger partial charge in [-0.25, -0.2) is 15.0 Å². The van der Waals surface area contributed by atoms with Crippen molar-refractivity contribution >= 4 is 57.8 Å². The minimum atomic E-state index is -0.452. The molecule has 0 saturated carbocycles. The van der Waals surface area contributed by atoms with Crippen molar-refractivity contribution in [2.24, 2.45) is 0 Å². The second-order valence-corrected chi connectivity index (χ2v) is 6.91. The van der Waals surface area contributed by atoms with Gasteiger partial charge in [-0.15, -0.1) is 0 Å². The molecule has 0 amide bonds. The molecular weight excluding hydrogens is 347 g/mol. The van der Waals surface area contributed by atoms with Crippen molar-refractivity contribution in [3.8, 4) is 0 Å². The molecule has 1 aromatic carbocycles. The summed E-state index contributed by atoms with van der Waals surface area (Å²) in [7, 11) is 0. The van der Waals surface area contributed by atoms with Crippen LogP contribution in [0.3, 0.4) is 0 Å². The number of alkyl halides is 1. The second-order valence-electron chi connectivity index (χ2n) is 4.41. The highest BCUT2D eigenvalue weighted by molar-refractivity contribution is 7.99. The average molecular weight is 355 g/mol. The molecule has 0 spiro atoms. The fourth-order valence-corrected chi connectivity index (χ4v) is 4.76. The number of para-hydroxylation sites is 2. The maximum Gasteiger partial charge on any atom is 0.189 e. The van der Waals surface area contributed by atoms with Gasteiger partial charge in [0.25, 0.3) is 0 Å². The summed E-state index contributed by atoms with van der Waals surface area (Å²) in [5.74, 6) is 0. The van der Waals surface area contributed by atoms with Crippen molar-refractivity contribution in [3.63, 3.8) is 0 Å². The standard InChI is InChI=1S/C13H8Cl2N4S2/c1-20-12-17-9(14)8-10(15)19-7-5-3-2-4-6(7)16-13(19)21-11(8)18-12/h2-5,10H,1H3. The molecule has 1 aliphatic heterocycles. The predicted molar refractivity (Wildman–Crippen MR) is 86.7 cm³/mol. The number of hydrogen-bond donors (Lipinski definition) is 0. The number of nitrogens with zero attached hydrogens (tertiary/aromatic N) is 4. The highest BCUT2D eigenvalue weighted by Gasteiger charge is 2.31. The average Bonchev–Trinajstić information content (AvgIpc) is 2.84. The molecule has 0 radical (unpaired) electrons. The molecule has 1 atom stereocenters. The van der Waals surface area contributed by atoms with Crippen LogP contribution in [0, 0.1) is 0 Å². The lowest BCUT2D eigenvalue weighted by Crippen LogP contribution is -2.14. The van der Waals surface area contributed by atoms with E-state index in [0.717, 1.165) is 26.8 Å². The smallest absolute Gasteiger partial charge is 0.189 e. The Bertz CT molecular complexity index is 865. The number of benzene rings is 1. The maximum atomic E-state index is 6.64. The molecule has 3 heterocycles. The second kappa shape index (κ2) is 5.05. The van der Waals surface area contributed by atoms with Gasteiger partial charge in [0.15, 0.2) is 10.3 Å². The van der Waals surface area contributed by atoms with Crippen LogP contribution in [0.4, 0.5) is 0 Å². The van der Waals surface area contributed by atoms with Crippen LogP contribution in [0.5, 0.6) is 0 Å². The van der Waals surface area contributed by atoms with Crippen LogP contribution in [0.25, 0.3) is 11.0 Å². The highest BCUT2D eigenvalue weighted by Crippen LogP contribution is 2.46. The lowest BCUT2D eigenvalue weighted by Gasteiger charge is -2.23. The van der Waals surface area contributed by atoms with E-state index in [-0.39, 0.29) is 0 Å². The summed E-state index contributed by atoms with van der Waals surface area (Å²) in [4.78, 5) is 13.4. The number of imidazole rings is 1. The molecule has 4 nitrogen and oxygen atoms in total. The van der Waals surface area contributed by atoms with Crippen molar-refractivity contribution in [1.82, 2.24) is 19.5 Å². The van der Waals surface area contributed by atoms with Crippen molar-refractivity contribution in [3.05, 3.63) is 35.0 Å². The third kappa shape index (κ3) is 2.04. The van der Waals surface area contributed by atoms with Gasteiger partial charge in [0.05, 0.1) is 16.6 Å². The van der Waals surface area contributed by atoms with E-state index in [0.29, 0.717) is 10.3 Å². The van der Waals surface area contributed by atoms with Gasteiger partial charge >= 0.3 is 0 Å². The van der Waals surface area contributed by atoms with Crippen LogP contribution in [0.15, 0.2) is 39.6 Å². The van der Waals surface area contributed by atoms with E-state index in [1.54, 1.807) is 0 Å². The van der Waals surface area contributed by atoms with Crippen LogP contribution < -0.4 is 0 Å². The molecule has 2 aromatic heterocycles. The number of fused-ring (bicyclic) bond motifs is 4. The molecule has 0 fully saturated rings. The molecule has 1 aliphatic rings. The number of halogens is 2. The largest absolute Gasteiger partial charge is 0.297 e. The van der Waals surface area contributed by atoms with Gasteiger partial charge in [-0.2, -0.15) is 0 Å². The molecule has 21 heavy (non-hydrogen) atoms. The van der Waals surface area contributed by atoms with Crippen molar-refractivity contribution in [2.75, 3.05) is 6.26 Å². The molecule has 0 saturated heterocycles. The van der Waals surface area contributed by atoms with E-state index < -0.39 is 5.50 Å². The summed E-state index contributed by atoms with van der Waals surface area (Å²) in [6, 6.07) is 7.89. The van der Waals surface area contributed by atoms with Gasteiger partial charge in [-0.3, -0.25) is 4.57 Å². The zero-order valence-corrected chi connectivity index (χ0v) is 13.9. The number of thioether (sulfide) groups is 1. The molecule has 4 rings (SSSR count). The van der Waals surface area contributed by atoms with Crippen molar-refractivity contribution in [2.45, 2.75) is 20.8 Å². The first-order chi connectivity index (χ1) is 10.2. The Kier molecular flexibility index (Phi) is 3.29. The normalized spacial score (nSPS) is 16.8. The van der Waals surface area contributed by atoms with Gasteiger partial charge in [0.2, 0.25) is 0 Å². The van der Waals surface area contributed by atoms with E-state index >= 15 is 0 Å². The van der Waals surface area contributed by atoms with Crippen LogP contribution in [0.2, 0.25) is 5.15 Å². The maximum absolute atomic E-state index is 6.64. The first-order valence-corrected chi connectivity index (χ1v) is 8.95. The Labute approximate surface area is 139 Å². The Balaban J connectivity index is 1.97. The van der Waals surface area contributed by atoms with E-state index in [9.17, 15) is 0 Å². The molecule has 0 aliphatic carbocycles. The Hall–Kier alpha value is -0.950. The summed E-state index contributed by atoms with van der Waals surface area (Å²) in [6.07, 6.45) is 1.92. The highest BCUT2D eigenvalue weighted by atomic mass is 35.5.